The largest absolute Gasteiger partial charge is 0.303 e. The minimum absolute atomic E-state index is 0.392. The molecule has 0 saturated heterocycles. The van der Waals surface area contributed by atoms with Crippen molar-refractivity contribution in [3.05, 3.63) is 39.9 Å². The van der Waals surface area contributed by atoms with Crippen molar-refractivity contribution in [3.8, 4) is 0 Å². The van der Waals surface area contributed by atoms with E-state index in [1.54, 1.807) is 18.2 Å². The Balaban J connectivity index is 2.88. The van der Waals surface area contributed by atoms with Crippen molar-refractivity contribution in [2.45, 2.75) is 6.42 Å². The third-order valence-electron chi connectivity index (χ3n) is 1.51. The van der Waals surface area contributed by atoms with E-state index in [9.17, 15) is 4.79 Å². The highest BCUT2D eigenvalue weighted by Gasteiger charge is 1.99. The lowest BCUT2D eigenvalue weighted by atomic mass is 10.2. The maximum Gasteiger partial charge on any atom is 0.123 e. The van der Waals surface area contributed by atoms with Gasteiger partial charge in [0.1, 0.15) is 6.29 Å². The summed E-state index contributed by atoms with van der Waals surface area (Å²) in [6.07, 6.45) is 4.74. The van der Waals surface area contributed by atoms with Gasteiger partial charge in [-0.05, 0) is 11.6 Å². The van der Waals surface area contributed by atoms with Gasteiger partial charge in [-0.25, -0.2) is 0 Å². The maximum atomic E-state index is 10.0. The van der Waals surface area contributed by atoms with Crippen LogP contribution in [0.5, 0.6) is 0 Å². The highest BCUT2D eigenvalue weighted by atomic mass is 35.5. The summed E-state index contributed by atoms with van der Waals surface area (Å²) in [6.45, 7) is 0. The Morgan fingerprint density at radius 2 is 2.08 bits per heavy atom. The molecule has 0 bridgehead atoms. The molecule has 0 saturated carbocycles. The second-order valence-corrected chi connectivity index (χ2v) is 3.23. The first kappa shape index (κ1) is 10.3. The third kappa shape index (κ3) is 2.87. The summed E-state index contributed by atoms with van der Waals surface area (Å²) in [6, 6.07) is 5.38. The lowest BCUT2D eigenvalue weighted by molar-refractivity contribution is -0.107. The summed E-state index contributed by atoms with van der Waals surface area (Å²) < 4.78 is 0. The van der Waals surface area contributed by atoms with Crippen LogP contribution in [0.2, 0.25) is 10.0 Å². The van der Waals surface area contributed by atoms with Gasteiger partial charge in [-0.3, -0.25) is 0 Å². The van der Waals surface area contributed by atoms with Gasteiger partial charge < -0.3 is 4.79 Å². The molecule has 0 N–H and O–H groups in total. The van der Waals surface area contributed by atoms with Crippen LogP contribution in [0.25, 0.3) is 6.08 Å². The van der Waals surface area contributed by atoms with Crippen LogP contribution in [0.3, 0.4) is 0 Å². The van der Waals surface area contributed by atoms with Crippen LogP contribution >= 0.6 is 23.2 Å². The first-order valence-corrected chi connectivity index (χ1v) is 4.55. The normalized spacial score (nSPS) is 10.6. The van der Waals surface area contributed by atoms with E-state index in [-0.39, 0.29) is 0 Å². The molecular formula is C10H8Cl2O. The van der Waals surface area contributed by atoms with Crippen LogP contribution in [-0.4, -0.2) is 6.29 Å². The van der Waals surface area contributed by atoms with Crippen molar-refractivity contribution in [2.24, 2.45) is 0 Å². The average Bonchev–Trinajstić information content (AvgIpc) is 2.13. The quantitative estimate of drug-likeness (QED) is 0.704. The lowest BCUT2D eigenvalue weighted by Gasteiger charge is -1.98. The van der Waals surface area contributed by atoms with Crippen molar-refractivity contribution in [1.29, 1.82) is 0 Å². The zero-order chi connectivity index (χ0) is 9.68. The zero-order valence-electron chi connectivity index (χ0n) is 6.84. The molecule has 0 unspecified atom stereocenters. The highest BCUT2D eigenvalue weighted by Crippen LogP contribution is 2.26. The average molecular weight is 215 g/mol. The summed E-state index contributed by atoms with van der Waals surface area (Å²) in [5.41, 5.74) is 0.830. The highest BCUT2D eigenvalue weighted by molar-refractivity contribution is 6.42. The molecule has 0 radical (unpaired) electrons. The Hall–Kier alpha value is -0.790. The topological polar surface area (TPSA) is 17.1 Å². The van der Waals surface area contributed by atoms with Crippen molar-refractivity contribution in [2.75, 3.05) is 0 Å². The van der Waals surface area contributed by atoms with Crippen molar-refractivity contribution < 1.29 is 4.79 Å². The number of allylic oxidation sites excluding steroid dienone is 1. The Morgan fingerprint density at radius 1 is 1.31 bits per heavy atom. The predicted octanol–water partition coefficient (Wildman–Crippen LogP) is 3.60. The Morgan fingerprint density at radius 3 is 2.77 bits per heavy atom. The molecule has 0 heterocycles. The van der Waals surface area contributed by atoms with Crippen LogP contribution in [0, 0.1) is 0 Å². The van der Waals surface area contributed by atoms with Gasteiger partial charge in [-0.2, -0.15) is 0 Å². The molecule has 3 heteroatoms. The molecule has 0 aliphatic carbocycles. The maximum absolute atomic E-state index is 10.0. The molecule has 68 valence electrons. The molecule has 0 amide bonds. The number of hydrogen-bond donors (Lipinski definition) is 0. The van der Waals surface area contributed by atoms with Crippen LogP contribution in [0.15, 0.2) is 24.3 Å². The molecule has 0 fully saturated rings. The first-order chi connectivity index (χ1) is 6.25. The molecule has 1 aromatic carbocycles. The number of halogens is 2. The van der Waals surface area contributed by atoms with Gasteiger partial charge in [0, 0.05) is 6.42 Å². The molecule has 1 aromatic rings. The fourth-order valence-corrected chi connectivity index (χ4v) is 1.27. The molecule has 0 spiro atoms. The van der Waals surface area contributed by atoms with Crippen LogP contribution in [-0.2, 0) is 4.79 Å². The monoisotopic (exact) mass is 214 g/mol. The Kier molecular flexibility index (Phi) is 4.00. The Labute approximate surface area is 87.0 Å². The van der Waals surface area contributed by atoms with Crippen LogP contribution in [0.4, 0.5) is 0 Å². The minimum atomic E-state index is 0.392. The molecule has 13 heavy (non-hydrogen) atoms. The summed E-state index contributed by atoms with van der Waals surface area (Å²) >= 11 is 11.7. The molecule has 0 aliphatic heterocycles. The van der Waals surface area contributed by atoms with E-state index in [2.05, 4.69) is 0 Å². The second kappa shape index (κ2) is 5.05. The second-order valence-electron chi connectivity index (χ2n) is 2.45. The van der Waals surface area contributed by atoms with Crippen molar-refractivity contribution >= 4 is 35.6 Å². The standard InChI is InChI=1S/C10H8Cl2O/c11-9-6-3-5-8(10(9)12)4-1-2-7-13/h1,3-7H,2H2/b4-1+. The summed E-state index contributed by atoms with van der Waals surface area (Å²) in [4.78, 5) is 10.0. The number of hydrogen-bond acceptors (Lipinski definition) is 1. The first-order valence-electron chi connectivity index (χ1n) is 3.80. The summed E-state index contributed by atoms with van der Waals surface area (Å²) in [7, 11) is 0. The van der Waals surface area contributed by atoms with Gasteiger partial charge in [0.25, 0.3) is 0 Å². The molecule has 0 aliphatic rings. The van der Waals surface area contributed by atoms with Crippen molar-refractivity contribution in [1.82, 2.24) is 0 Å². The molecule has 0 aromatic heterocycles. The van der Waals surface area contributed by atoms with Gasteiger partial charge >= 0.3 is 0 Å². The molecule has 1 nitrogen and oxygen atoms in total. The van der Waals surface area contributed by atoms with Gasteiger partial charge in [0.05, 0.1) is 10.0 Å². The fourth-order valence-electron chi connectivity index (χ4n) is 0.900. The predicted molar refractivity (Wildman–Crippen MR) is 56.2 cm³/mol. The van der Waals surface area contributed by atoms with Gasteiger partial charge in [0.2, 0.25) is 0 Å². The van der Waals surface area contributed by atoms with E-state index in [4.69, 9.17) is 23.2 Å². The van der Waals surface area contributed by atoms with E-state index in [1.807, 2.05) is 12.1 Å². The summed E-state index contributed by atoms with van der Waals surface area (Å²) in [5, 5.41) is 1.04. The number of carbonyl (C=O) groups excluding carboxylic acids is 1. The van der Waals surface area contributed by atoms with Gasteiger partial charge in [0.15, 0.2) is 0 Å². The molecule has 1 rings (SSSR count). The van der Waals surface area contributed by atoms with E-state index in [1.165, 1.54) is 0 Å². The zero-order valence-corrected chi connectivity index (χ0v) is 8.35. The Bertz CT molecular complexity index is 332. The lowest BCUT2D eigenvalue weighted by Crippen LogP contribution is -1.76. The van der Waals surface area contributed by atoms with E-state index >= 15 is 0 Å². The number of rotatable bonds is 3. The van der Waals surface area contributed by atoms with Crippen molar-refractivity contribution in [3.63, 3.8) is 0 Å². The smallest absolute Gasteiger partial charge is 0.123 e. The van der Waals surface area contributed by atoms with Crippen LogP contribution < -0.4 is 0 Å². The van der Waals surface area contributed by atoms with Gasteiger partial charge in [-0.1, -0.05) is 47.5 Å². The molecule has 0 atom stereocenters. The summed E-state index contributed by atoms with van der Waals surface area (Å²) in [5.74, 6) is 0. The number of benzene rings is 1. The third-order valence-corrected chi connectivity index (χ3v) is 2.34. The van der Waals surface area contributed by atoms with Gasteiger partial charge in [-0.15, -0.1) is 0 Å². The fraction of sp³-hybridized carbons (Fsp3) is 0.100. The van der Waals surface area contributed by atoms with E-state index in [0.29, 0.717) is 16.5 Å². The van der Waals surface area contributed by atoms with Crippen LogP contribution in [0.1, 0.15) is 12.0 Å². The molecular weight excluding hydrogens is 207 g/mol. The number of carbonyl (C=O) groups is 1. The number of aldehydes is 1. The minimum Gasteiger partial charge on any atom is -0.303 e. The van der Waals surface area contributed by atoms with E-state index < -0.39 is 0 Å². The van der Waals surface area contributed by atoms with E-state index in [0.717, 1.165) is 11.8 Å². The SMILES string of the molecule is O=CC/C=C/c1cccc(Cl)c1Cl.